The van der Waals surface area contributed by atoms with Crippen molar-refractivity contribution in [3.63, 3.8) is 0 Å². The summed E-state index contributed by atoms with van der Waals surface area (Å²) < 4.78 is 41.3. The first-order chi connectivity index (χ1) is 12.4. The predicted octanol–water partition coefficient (Wildman–Crippen LogP) is 7.08. The van der Waals surface area contributed by atoms with Gasteiger partial charge in [0.2, 0.25) is 0 Å². The number of halogens is 3. The molecule has 0 radical (unpaired) electrons. The van der Waals surface area contributed by atoms with Gasteiger partial charge >= 0.3 is 6.18 Å². The number of alkyl halides is 3. The van der Waals surface area contributed by atoms with Crippen LogP contribution in [0.1, 0.15) is 49.4 Å². The molecule has 0 saturated heterocycles. The molecule has 0 unspecified atom stereocenters. The predicted molar refractivity (Wildman–Crippen MR) is 101 cm³/mol. The molecule has 3 rings (SSSR count). The number of unbranched alkanes of at least 4 members (excludes halogenated alkanes) is 3. The topological polar surface area (TPSA) is 4.93 Å². The molecule has 0 bridgehead atoms. The molecule has 138 valence electrons. The lowest BCUT2D eigenvalue weighted by Gasteiger charge is -2.12. The summed E-state index contributed by atoms with van der Waals surface area (Å²) in [4.78, 5) is 0. The van der Waals surface area contributed by atoms with Crippen LogP contribution in [0.5, 0.6) is 0 Å². The van der Waals surface area contributed by atoms with Gasteiger partial charge in [-0.05, 0) is 56.2 Å². The Morgan fingerprint density at radius 1 is 0.885 bits per heavy atom. The molecule has 0 aliphatic rings. The summed E-state index contributed by atoms with van der Waals surface area (Å²) in [5.74, 6) is 0. The van der Waals surface area contributed by atoms with Crippen molar-refractivity contribution < 1.29 is 13.2 Å². The molecule has 0 fully saturated rings. The highest BCUT2D eigenvalue weighted by Gasteiger charge is 2.30. The van der Waals surface area contributed by atoms with Crippen molar-refractivity contribution in [1.82, 2.24) is 4.57 Å². The maximum atomic E-state index is 13.1. The van der Waals surface area contributed by atoms with E-state index in [0.29, 0.717) is 5.39 Å². The zero-order chi connectivity index (χ0) is 18.7. The Balaban J connectivity index is 2.06. The molecule has 0 aliphatic carbocycles. The Morgan fingerprint density at radius 2 is 1.62 bits per heavy atom. The molecule has 0 spiro atoms. The average molecular weight is 359 g/mol. The van der Waals surface area contributed by atoms with Gasteiger partial charge in [-0.15, -0.1) is 0 Å². The van der Waals surface area contributed by atoms with E-state index < -0.39 is 11.7 Å². The second kappa shape index (κ2) is 7.56. The fraction of sp³-hybridized carbons (Fsp3) is 0.364. The van der Waals surface area contributed by atoms with Gasteiger partial charge in [0.05, 0.1) is 11.1 Å². The van der Waals surface area contributed by atoms with Crippen LogP contribution in [0.4, 0.5) is 13.2 Å². The first-order valence-electron chi connectivity index (χ1n) is 9.19. The van der Waals surface area contributed by atoms with E-state index in [9.17, 15) is 13.2 Å². The zero-order valence-electron chi connectivity index (χ0n) is 15.2. The van der Waals surface area contributed by atoms with Gasteiger partial charge in [-0.2, -0.15) is 13.2 Å². The number of fused-ring (bicyclic) bond motifs is 1. The average Bonchev–Trinajstić information content (AvgIpc) is 2.96. The zero-order valence-corrected chi connectivity index (χ0v) is 15.2. The monoisotopic (exact) mass is 359 g/mol. The standard InChI is InChI=1S/C22H24F3N/c1-3-4-5-6-7-20-15-17-14-18(22(23,24)25)10-13-21(17)26(20)19-11-8-16(2)9-12-19/h8-15H,3-7H2,1-2H3. The maximum absolute atomic E-state index is 13.1. The summed E-state index contributed by atoms with van der Waals surface area (Å²) in [6.07, 6.45) is 1.08. The third kappa shape index (κ3) is 3.95. The van der Waals surface area contributed by atoms with Crippen LogP contribution in [-0.4, -0.2) is 4.57 Å². The SMILES string of the molecule is CCCCCCc1cc2cc(C(F)(F)F)ccc2n1-c1ccc(C)cc1. The van der Waals surface area contributed by atoms with Crippen LogP contribution in [0, 0.1) is 6.92 Å². The van der Waals surface area contributed by atoms with Crippen molar-refractivity contribution in [3.05, 3.63) is 65.4 Å². The molecule has 26 heavy (non-hydrogen) atoms. The van der Waals surface area contributed by atoms with Crippen molar-refractivity contribution in [1.29, 1.82) is 0 Å². The van der Waals surface area contributed by atoms with E-state index in [-0.39, 0.29) is 0 Å². The van der Waals surface area contributed by atoms with Crippen molar-refractivity contribution >= 4 is 10.9 Å². The summed E-state index contributed by atoms with van der Waals surface area (Å²) in [6.45, 7) is 4.20. The fourth-order valence-corrected chi connectivity index (χ4v) is 3.36. The molecule has 1 aromatic heterocycles. The third-order valence-electron chi connectivity index (χ3n) is 4.78. The molecule has 0 aliphatic heterocycles. The summed E-state index contributed by atoms with van der Waals surface area (Å²) in [5.41, 5.74) is 3.46. The smallest absolute Gasteiger partial charge is 0.314 e. The van der Waals surface area contributed by atoms with Crippen molar-refractivity contribution in [2.45, 2.75) is 52.1 Å². The Labute approximate surface area is 152 Å². The maximum Gasteiger partial charge on any atom is 0.416 e. The molecular formula is C22H24F3N. The van der Waals surface area contributed by atoms with Crippen molar-refractivity contribution in [2.24, 2.45) is 0 Å². The lowest BCUT2D eigenvalue weighted by Crippen LogP contribution is -2.04. The quantitative estimate of drug-likeness (QED) is 0.414. The number of hydrogen-bond donors (Lipinski definition) is 0. The van der Waals surface area contributed by atoms with E-state index in [4.69, 9.17) is 0 Å². The molecule has 0 saturated carbocycles. The summed E-state index contributed by atoms with van der Waals surface area (Å²) in [5, 5.41) is 0.644. The summed E-state index contributed by atoms with van der Waals surface area (Å²) >= 11 is 0. The normalized spacial score (nSPS) is 12.0. The molecular weight excluding hydrogens is 335 g/mol. The molecule has 2 aromatic carbocycles. The minimum absolute atomic E-state index is 0.594. The molecule has 0 atom stereocenters. The fourth-order valence-electron chi connectivity index (χ4n) is 3.36. The van der Waals surface area contributed by atoms with E-state index in [1.54, 1.807) is 6.07 Å². The van der Waals surface area contributed by atoms with E-state index >= 15 is 0 Å². The Hall–Kier alpha value is -2.23. The Morgan fingerprint density at radius 3 is 2.27 bits per heavy atom. The van der Waals surface area contributed by atoms with Crippen molar-refractivity contribution in [2.75, 3.05) is 0 Å². The van der Waals surface area contributed by atoms with E-state index in [0.717, 1.165) is 48.1 Å². The number of nitrogens with zero attached hydrogens (tertiary/aromatic N) is 1. The number of benzene rings is 2. The second-order valence-corrected chi connectivity index (χ2v) is 6.89. The molecule has 1 nitrogen and oxygen atoms in total. The van der Waals surface area contributed by atoms with Gasteiger partial charge < -0.3 is 4.57 Å². The van der Waals surface area contributed by atoms with Crippen LogP contribution in [0.3, 0.4) is 0 Å². The van der Waals surface area contributed by atoms with Crippen LogP contribution in [-0.2, 0) is 12.6 Å². The largest absolute Gasteiger partial charge is 0.416 e. The van der Waals surface area contributed by atoms with E-state index in [2.05, 4.69) is 11.5 Å². The minimum Gasteiger partial charge on any atom is -0.314 e. The lowest BCUT2D eigenvalue weighted by molar-refractivity contribution is -0.137. The Bertz CT molecular complexity index is 873. The van der Waals surface area contributed by atoms with Gasteiger partial charge in [0.15, 0.2) is 0 Å². The highest BCUT2D eigenvalue weighted by molar-refractivity contribution is 5.84. The van der Waals surface area contributed by atoms with Crippen LogP contribution in [0.2, 0.25) is 0 Å². The Kier molecular flexibility index (Phi) is 5.40. The molecule has 4 heteroatoms. The third-order valence-corrected chi connectivity index (χ3v) is 4.78. The summed E-state index contributed by atoms with van der Waals surface area (Å²) in [7, 11) is 0. The molecule has 3 aromatic rings. The van der Waals surface area contributed by atoms with Crippen LogP contribution in [0.25, 0.3) is 16.6 Å². The first kappa shape index (κ1) is 18.6. The van der Waals surface area contributed by atoms with Gasteiger partial charge in [-0.25, -0.2) is 0 Å². The van der Waals surface area contributed by atoms with Gasteiger partial charge in [0.1, 0.15) is 0 Å². The number of rotatable bonds is 6. The van der Waals surface area contributed by atoms with E-state index in [1.165, 1.54) is 18.6 Å². The second-order valence-electron chi connectivity index (χ2n) is 6.89. The van der Waals surface area contributed by atoms with Crippen LogP contribution >= 0.6 is 0 Å². The van der Waals surface area contributed by atoms with Gasteiger partial charge in [-0.1, -0.05) is 43.9 Å². The molecule has 1 heterocycles. The highest BCUT2D eigenvalue weighted by Crippen LogP contribution is 2.34. The molecule has 0 N–H and O–H groups in total. The minimum atomic E-state index is -4.32. The van der Waals surface area contributed by atoms with Crippen molar-refractivity contribution in [3.8, 4) is 5.69 Å². The van der Waals surface area contributed by atoms with Crippen LogP contribution in [0.15, 0.2) is 48.5 Å². The highest BCUT2D eigenvalue weighted by atomic mass is 19.4. The first-order valence-corrected chi connectivity index (χ1v) is 9.19. The number of hydrogen-bond acceptors (Lipinski definition) is 0. The van der Waals surface area contributed by atoms with Gasteiger partial charge in [0.25, 0.3) is 0 Å². The van der Waals surface area contributed by atoms with Gasteiger partial charge in [-0.3, -0.25) is 0 Å². The van der Waals surface area contributed by atoms with E-state index in [1.807, 2.05) is 37.3 Å². The number of aromatic nitrogens is 1. The van der Waals surface area contributed by atoms with Gasteiger partial charge in [0, 0.05) is 16.8 Å². The molecule has 0 amide bonds. The summed E-state index contributed by atoms with van der Waals surface area (Å²) in [6, 6.07) is 14.1. The number of aryl methyl sites for hydroxylation is 2. The lowest BCUT2D eigenvalue weighted by atomic mass is 10.1. The van der Waals surface area contributed by atoms with Crippen LogP contribution < -0.4 is 0 Å².